The third kappa shape index (κ3) is 2.77. The molecule has 0 amide bonds. The first-order chi connectivity index (χ1) is 11.6. The highest BCUT2D eigenvalue weighted by Crippen LogP contribution is 2.30. The molecule has 0 N–H and O–H groups in total. The maximum Gasteiger partial charge on any atom is 0.336 e. The fourth-order valence-electron chi connectivity index (χ4n) is 3.39. The third-order valence-electron chi connectivity index (χ3n) is 4.73. The van der Waals surface area contributed by atoms with E-state index in [9.17, 15) is 4.79 Å². The van der Waals surface area contributed by atoms with Crippen molar-refractivity contribution < 1.29 is 8.94 Å². The van der Waals surface area contributed by atoms with Gasteiger partial charge in [-0.2, -0.15) is 11.8 Å². The van der Waals surface area contributed by atoms with Crippen molar-refractivity contribution in [2.24, 2.45) is 0 Å². The summed E-state index contributed by atoms with van der Waals surface area (Å²) in [6, 6.07) is 5.90. The van der Waals surface area contributed by atoms with E-state index in [-0.39, 0.29) is 5.63 Å². The van der Waals surface area contributed by atoms with E-state index in [4.69, 9.17) is 8.94 Å². The first-order valence-electron chi connectivity index (χ1n) is 8.20. The van der Waals surface area contributed by atoms with Crippen LogP contribution >= 0.6 is 11.8 Å². The van der Waals surface area contributed by atoms with Crippen molar-refractivity contribution in [3.63, 3.8) is 0 Å². The van der Waals surface area contributed by atoms with Crippen LogP contribution in [0.25, 0.3) is 11.0 Å². The molecular weight excluding hydrogens is 322 g/mol. The van der Waals surface area contributed by atoms with Gasteiger partial charge in [0.15, 0.2) is 0 Å². The largest absolute Gasteiger partial charge is 0.423 e. The molecule has 0 fully saturated rings. The fourth-order valence-corrected chi connectivity index (χ4v) is 4.56. The molecule has 0 atom stereocenters. The van der Waals surface area contributed by atoms with E-state index in [1.807, 2.05) is 13.8 Å². The van der Waals surface area contributed by atoms with E-state index in [0.29, 0.717) is 0 Å². The molecular formula is C19H19NO3S. The maximum absolute atomic E-state index is 11.9. The fraction of sp³-hybridized carbons (Fsp3) is 0.368. The molecule has 3 aromatic rings. The molecule has 2 aromatic heterocycles. The molecule has 0 unspecified atom stereocenters. The minimum atomic E-state index is -0.270. The molecule has 0 bridgehead atoms. The van der Waals surface area contributed by atoms with Crippen LogP contribution < -0.4 is 5.63 Å². The highest BCUT2D eigenvalue weighted by atomic mass is 32.2. The first-order valence-corrected chi connectivity index (χ1v) is 9.35. The van der Waals surface area contributed by atoms with Crippen LogP contribution in [0.5, 0.6) is 0 Å². The second kappa shape index (κ2) is 6.13. The number of fused-ring (bicyclic) bond motifs is 2. The summed E-state index contributed by atoms with van der Waals surface area (Å²) in [5.41, 5.74) is 6.31. The summed E-state index contributed by atoms with van der Waals surface area (Å²) in [7, 11) is 0. The van der Waals surface area contributed by atoms with Gasteiger partial charge in [0.2, 0.25) is 0 Å². The average Bonchev–Trinajstić information content (AvgIpc) is 3.13. The van der Waals surface area contributed by atoms with Crippen molar-refractivity contribution in [2.75, 3.05) is 0 Å². The van der Waals surface area contributed by atoms with Gasteiger partial charge < -0.3 is 8.94 Å². The van der Waals surface area contributed by atoms with Crippen LogP contribution in [0.2, 0.25) is 0 Å². The minimum absolute atomic E-state index is 0.270. The first kappa shape index (κ1) is 15.5. The second-order valence-corrected chi connectivity index (χ2v) is 7.34. The van der Waals surface area contributed by atoms with Gasteiger partial charge in [0, 0.05) is 28.5 Å². The molecule has 0 spiro atoms. The lowest BCUT2D eigenvalue weighted by Gasteiger charge is -2.08. The highest BCUT2D eigenvalue weighted by molar-refractivity contribution is 7.97. The molecule has 0 saturated heterocycles. The van der Waals surface area contributed by atoms with Gasteiger partial charge in [-0.05, 0) is 61.9 Å². The van der Waals surface area contributed by atoms with Gasteiger partial charge in [0.25, 0.3) is 0 Å². The molecule has 4 nitrogen and oxygen atoms in total. The highest BCUT2D eigenvalue weighted by Gasteiger charge is 2.15. The minimum Gasteiger partial charge on any atom is -0.423 e. The van der Waals surface area contributed by atoms with Crippen molar-refractivity contribution in [3.8, 4) is 0 Å². The van der Waals surface area contributed by atoms with Crippen LogP contribution in [0.15, 0.2) is 31.9 Å². The lowest BCUT2D eigenvalue weighted by Crippen LogP contribution is -2.01. The predicted octanol–water partition coefficient (Wildman–Crippen LogP) is 4.32. The zero-order chi connectivity index (χ0) is 16.7. The normalized spacial score (nSPS) is 13.6. The molecule has 1 aromatic carbocycles. The van der Waals surface area contributed by atoms with Gasteiger partial charge in [-0.1, -0.05) is 5.16 Å². The van der Waals surface area contributed by atoms with Gasteiger partial charge in [-0.15, -0.1) is 0 Å². The molecule has 0 aliphatic heterocycles. The number of hydrogen-bond donors (Lipinski definition) is 0. The summed E-state index contributed by atoms with van der Waals surface area (Å²) < 4.78 is 10.6. The van der Waals surface area contributed by atoms with Crippen molar-refractivity contribution in [1.82, 2.24) is 5.16 Å². The molecule has 1 aliphatic rings. The molecule has 24 heavy (non-hydrogen) atoms. The number of hydrogen-bond acceptors (Lipinski definition) is 5. The van der Waals surface area contributed by atoms with E-state index in [1.54, 1.807) is 17.8 Å². The maximum atomic E-state index is 11.9. The summed E-state index contributed by atoms with van der Waals surface area (Å²) in [5, 5.41) is 5.06. The molecule has 0 radical (unpaired) electrons. The van der Waals surface area contributed by atoms with Crippen LogP contribution in [-0.4, -0.2) is 5.16 Å². The van der Waals surface area contributed by atoms with Crippen LogP contribution in [0.4, 0.5) is 0 Å². The molecule has 124 valence electrons. The van der Waals surface area contributed by atoms with E-state index >= 15 is 0 Å². The summed E-state index contributed by atoms with van der Waals surface area (Å²) in [5.74, 6) is 2.47. The molecule has 5 heteroatoms. The Morgan fingerprint density at radius 2 is 1.92 bits per heavy atom. The molecule has 4 rings (SSSR count). The Balaban J connectivity index is 1.63. The summed E-state index contributed by atoms with van der Waals surface area (Å²) >= 11 is 1.77. The standard InChI is InChI=1S/C19H19NO3S/c1-11-17(12(2)23-20-11)10-24-9-15-8-19(21)22-18-7-14-5-3-4-13(14)6-16(15)18/h6-8H,3-5,9-10H2,1-2H3. The van der Waals surface area contributed by atoms with Gasteiger partial charge in [-0.25, -0.2) is 4.79 Å². The number of nitrogens with zero attached hydrogens (tertiary/aromatic N) is 1. The van der Waals surface area contributed by atoms with Crippen LogP contribution in [0, 0.1) is 13.8 Å². The molecule has 1 aliphatic carbocycles. The van der Waals surface area contributed by atoms with Gasteiger partial charge in [0.1, 0.15) is 11.3 Å². The Morgan fingerprint density at radius 3 is 2.67 bits per heavy atom. The topological polar surface area (TPSA) is 56.2 Å². The van der Waals surface area contributed by atoms with Gasteiger partial charge in [0.05, 0.1) is 5.69 Å². The van der Waals surface area contributed by atoms with E-state index in [2.05, 4.69) is 17.3 Å². The zero-order valence-electron chi connectivity index (χ0n) is 13.8. The van der Waals surface area contributed by atoms with Crippen molar-refractivity contribution in [1.29, 1.82) is 0 Å². The molecule has 0 saturated carbocycles. The van der Waals surface area contributed by atoms with E-state index in [0.717, 1.165) is 57.9 Å². The Kier molecular flexibility index (Phi) is 3.96. The second-order valence-electron chi connectivity index (χ2n) is 6.36. The van der Waals surface area contributed by atoms with Crippen LogP contribution in [0.3, 0.4) is 0 Å². The number of aryl methyl sites for hydroxylation is 4. The summed E-state index contributed by atoms with van der Waals surface area (Å²) in [4.78, 5) is 11.9. The Morgan fingerprint density at radius 1 is 1.12 bits per heavy atom. The number of thioether (sulfide) groups is 1. The van der Waals surface area contributed by atoms with E-state index < -0.39 is 0 Å². The number of benzene rings is 1. The number of aromatic nitrogens is 1. The van der Waals surface area contributed by atoms with Crippen molar-refractivity contribution in [3.05, 3.63) is 62.3 Å². The average molecular weight is 341 g/mol. The lowest BCUT2D eigenvalue weighted by atomic mass is 10.0. The molecule has 2 heterocycles. The smallest absolute Gasteiger partial charge is 0.336 e. The lowest BCUT2D eigenvalue weighted by molar-refractivity contribution is 0.392. The van der Waals surface area contributed by atoms with Gasteiger partial charge in [-0.3, -0.25) is 0 Å². The summed E-state index contributed by atoms with van der Waals surface area (Å²) in [6.07, 6.45) is 3.39. The Hall–Kier alpha value is -2.01. The van der Waals surface area contributed by atoms with E-state index in [1.165, 1.54) is 17.5 Å². The quantitative estimate of drug-likeness (QED) is 0.662. The Labute approximate surface area is 144 Å². The van der Waals surface area contributed by atoms with Crippen LogP contribution in [-0.2, 0) is 24.3 Å². The van der Waals surface area contributed by atoms with Crippen molar-refractivity contribution >= 4 is 22.7 Å². The SMILES string of the molecule is Cc1noc(C)c1CSCc1cc(=O)oc2cc3c(cc12)CCC3. The third-order valence-corrected chi connectivity index (χ3v) is 5.74. The summed E-state index contributed by atoms with van der Waals surface area (Å²) in [6.45, 7) is 3.90. The predicted molar refractivity (Wildman–Crippen MR) is 95.5 cm³/mol. The van der Waals surface area contributed by atoms with Gasteiger partial charge >= 0.3 is 5.63 Å². The number of rotatable bonds is 4. The Bertz CT molecular complexity index is 951. The monoisotopic (exact) mass is 341 g/mol. The van der Waals surface area contributed by atoms with Crippen LogP contribution in [0.1, 0.15) is 40.1 Å². The van der Waals surface area contributed by atoms with Crippen molar-refractivity contribution in [2.45, 2.75) is 44.6 Å². The zero-order valence-corrected chi connectivity index (χ0v) is 14.7.